The summed E-state index contributed by atoms with van der Waals surface area (Å²) in [6, 6.07) is 15.0. The summed E-state index contributed by atoms with van der Waals surface area (Å²) < 4.78 is 47.9. The number of para-hydroxylation sites is 1. The molecule has 0 saturated heterocycles. The number of hydrogen-bond acceptors (Lipinski definition) is 5. The first-order chi connectivity index (χ1) is 18.5. The van der Waals surface area contributed by atoms with Gasteiger partial charge >= 0.3 is 6.18 Å². The van der Waals surface area contributed by atoms with E-state index in [9.17, 15) is 22.8 Å². The van der Waals surface area contributed by atoms with E-state index in [0.717, 1.165) is 11.6 Å². The number of carbonyl (C=O) groups excluding carboxylic acids is 2. The number of halogens is 3. The lowest BCUT2D eigenvalue weighted by Gasteiger charge is -2.39. The van der Waals surface area contributed by atoms with Gasteiger partial charge in [0.25, 0.3) is 11.8 Å². The highest BCUT2D eigenvalue weighted by Gasteiger charge is 2.43. The van der Waals surface area contributed by atoms with Gasteiger partial charge in [-0.15, -0.1) is 0 Å². The third kappa shape index (κ3) is 4.93. The average molecular weight is 533 g/mol. The number of rotatable bonds is 4. The Morgan fingerprint density at radius 2 is 1.77 bits per heavy atom. The fraction of sp³-hybridized carbons (Fsp3) is 0.172. The molecule has 7 nitrogen and oxygen atoms in total. The lowest BCUT2D eigenvalue weighted by molar-refractivity contribution is -0.138. The van der Waals surface area contributed by atoms with Gasteiger partial charge in [0.15, 0.2) is 17.2 Å². The van der Waals surface area contributed by atoms with Crippen molar-refractivity contribution < 1.29 is 27.5 Å². The Hall–Kier alpha value is -4.73. The molecule has 0 unspecified atom stereocenters. The molecular weight excluding hydrogens is 509 g/mol. The number of alkyl halides is 3. The third-order valence-electron chi connectivity index (χ3n) is 6.28. The molecule has 10 heteroatoms. The smallest absolute Gasteiger partial charge is 0.417 e. The van der Waals surface area contributed by atoms with E-state index in [1.165, 1.54) is 35.6 Å². The van der Waals surface area contributed by atoms with Gasteiger partial charge in [-0.25, -0.2) is 4.98 Å². The number of nitrogens with zero attached hydrogens (tertiary/aromatic N) is 3. The zero-order valence-electron chi connectivity index (χ0n) is 21.2. The van der Waals surface area contributed by atoms with E-state index in [0.29, 0.717) is 22.5 Å². The zero-order chi connectivity index (χ0) is 27.9. The first-order valence-electron chi connectivity index (χ1n) is 12.0. The van der Waals surface area contributed by atoms with Crippen LogP contribution in [0.3, 0.4) is 0 Å². The molecule has 1 aliphatic rings. The van der Waals surface area contributed by atoms with E-state index >= 15 is 0 Å². The van der Waals surface area contributed by atoms with Crippen molar-refractivity contribution >= 4 is 29.0 Å². The summed E-state index contributed by atoms with van der Waals surface area (Å²) in [5.41, 5.74) is -0.575. The minimum atomic E-state index is -4.76. The van der Waals surface area contributed by atoms with Crippen LogP contribution in [0.25, 0.3) is 11.1 Å². The number of nitrogens with one attached hydrogen (secondary N) is 1. The molecule has 1 N–H and O–H groups in total. The van der Waals surface area contributed by atoms with E-state index < -0.39 is 34.7 Å². The maximum absolute atomic E-state index is 13.9. The van der Waals surface area contributed by atoms with Gasteiger partial charge in [0.1, 0.15) is 0 Å². The molecule has 0 spiro atoms. The van der Waals surface area contributed by atoms with Crippen LogP contribution in [0.4, 0.5) is 30.4 Å². The summed E-state index contributed by atoms with van der Waals surface area (Å²) in [7, 11) is 0. The lowest BCUT2D eigenvalue weighted by atomic mass is 9.95. The minimum Gasteiger partial charge on any atom is -0.475 e. The molecule has 0 saturated carbocycles. The van der Waals surface area contributed by atoms with Gasteiger partial charge in [-0.2, -0.15) is 13.2 Å². The SMILES string of the molecule is Cc1ccc(NC(=O)c2cc(-c3cccc4c3OC(C)(C)C(=O)N4c3cnccn3)ccc2C(F)(F)F)cc1. The van der Waals surface area contributed by atoms with E-state index in [4.69, 9.17) is 4.74 Å². The minimum absolute atomic E-state index is 0.261. The number of fused-ring (bicyclic) bond motifs is 1. The standard InChI is InChI=1S/C29H23F3N4O3/c1-17-7-10-19(11-8-17)35-26(37)21-15-18(9-12-22(21)29(30,31)32)20-5-4-6-23-25(20)39-28(2,3)27(38)36(23)24-16-33-13-14-34-24/h4-16H,1-3H3,(H,35,37). The van der Waals surface area contributed by atoms with Crippen molar-refractivity contribution in [1.82, 2.24) is 9.97 Å². The predicted octanol–water partition coefficient (Wildman–Crippen LogP) is 6.56. The van der Waals surface area contributed by atoms with E-state index in [-0.39, 0.29) is 11.6 Å². The van der Waals surface area contributed by atoms with Gasteiger partial charge in [0.05, 0.1) is 23.0 Å². The maximum Gasteiger partial charge on any atom is 0.417 e. The summed E-state index contributed by atoms with van der Waals surface area (Å²) in [5, 5.41) is 2.55. The summed E-state index contributed by atoms with van der Waals surface area (Å²) in [5.74, 6) is -0.770. The molecule has 2 heterocycles. The van der Waals surface area contributed by atoms with Crippen LogP contribution in [0.1, 0.15) is 35.3 Å². The first kappa shape index (κ1) is 25.9. The number of aromatic nitrogens is 2. The Morgan fingerprint density at radius 1 is 1.03 bits per heavy atom. The van der Waals surface area contributed by atoms with Gasteiger partial charge in [0, 0.05) is 23.6 Å². The zero-order valence-corrected chi connectivity index (χ0v) is 21.2. The second-order valence-corrected chi connectivity index (χ2v) is 9.55. The molecule has 0 radical (unpaired) electrons. The van der Waals surface area contributed by atoms with Crippen molar-refractivity contribution in [2.75, 3.05) is 10.2 Å². The van der Waals surface area contributed by atoms with E-state index in [1.54, 1.807) is 56.3 Å². The number of hydrogen-bond donors (Lipinski definition) is 1. The highest BCUT2D eigenvalue weighted by Crippen LogP contribution is 2.47. The Morgan fingerprint density at radius 3 is 2.44 bits per heavy atom. The molecule has 198 valence electrons. The second-order valence-electron chi connectivity index (χ2n) is 9.55. The van der Waals surface area contributed by atoms with Gasteiger partial charge in [0.2, 0.25) is 0 Å². The normalized spacial score (nSPS) is 14.4. The van der Waals surface area contributed by atoms with Crippen LogP contribution < -0.4 is 15.0 Å². The predicted molar refractivity (Wildman–Crippen MR) is 140 cm³/mol. The summed E-state index contributed by atoms with van der Waals surface area (Å²) in [4.78, 5) is 36.1. The average Bonchev–Trinajstić information content (AvgIpc) is 2.90. The Labute approximate surface area is 222 Å². The van der Waals surface area contributed by atoms with Crippen LogP contribution in [-0.4, -0.2) is 27.4 Å². The second kappa shape index (κ2) is 9.54. The largest absolute Gasteiger partial charge is 0.475 e. The van der Waals surface area contributed by atoms with Crippen LogP contribution >= 0.6 is 0 Å². The van der Waals surface area contributed by atoms with Crippen molar-refractivity contribution in [3.63, 3.8) is 0 Å². The molecule has 0 atom stereocenters. The summed E-state index contributed by atoms with van der Waals surface area (Å²) >= 11 is 0. The maximum atomic E-state index is 13.9. The topological polar surface area (TPSA) is 84.4 Å². The Kier molecular flexibility index (Phi) is 6.33. The molecule has 0 fully saturated rings. The molecular formula is C29H23F3N4O3. The molecule has 5 rings (SSSR count). The number of aryl methyl sites for hydroxylation is 1. The van der Waals surface area contributed by atoms with Crippen LogP contribution in [0.5, 0.6) is 5.75 Å². The van der Waals surface area contributed by atoms with Gasteiger partial charge in [-0.1, -0.05) is 35.9 Å². The highest BCUT2D eigenvalue weighted by molar-refractivity contribution is 6.09. The molecule has 3 aromatic carbocycles. The van der Waals surface area contributed by atoms with Crippen molar-refractivity contribution in [2.24, 2.45) is 0 Å². The summed E-state index contributed by atoms with van der Waals surface area (Å²) in [6.45, 7) is 5.04. The molecule has 39 heavy (non-hydrogen) atoms. The van der Waals surface area contributed by atoms with Crippen LogP contribution in [-0.2, 0) is 11.0 Å². The molecule has 2 amide bonds. The molecule has 0 aliphatic carbocycles. The first-order valence-corrected chi connectivity index (χ1v) is 12.0. The fourth-order valence-corrected chi connectivity index (χ4v) is 4.33. The lowest BCUT2D eigenvalue weighted by Crippen LogP contribution is -2.50. The number of anilines is 3. The van der Waals surface area contributed by atoms with Gasteiger partial charge in [-0.05, 0) is 56.7 Å². The van der Waals surface area contributed by atoms with E-state index in [1.807, 2.05) is 6.92 Å². The molecule has 1 aliphatic heterocycles. The number of benzene rings is 3. The number of carbonyl (C=O) groups is 2. The van der Waals surface area contributed by atoms with Crippen LogP contribution in [0.15, 0.2) is 79.3 Å². The fourth-order valence-electron chi connectivity index (χ4n) is 4.33. The number of amides is 2. The van der Waals surface area contributed by atoms with Crippen molar-refractivity contribution in [1.29, 1.82) is 0 Å². The molecule has 4 aromatic rings. The van der Waals surface area contributed by atoms with Crippen molar-refractivity contribution in [3.8, 4) is 16.9 Å². The van der Waals surface area contributed by atoms with E-state index in [2.05, 4.69) is 15.3 Å². The quantitative estimate of drug-likeness (QED) is 0.322. The van der Waals surface area contributed by atoms with Gasteiger partial charge in [-0.3, -0.25) is 19.5 Å². The number of ether oxygens (including phenoxy) is 1. The van der Waals surface area contributed by atoms with Crippen molar-refractivity contribution in [2.45, 2.75) is 32.5 Å². The van der Waals surface area contributed by atoms with Crippen molar-refractivity contribution in [3.05, 3.63) is 95.9 Å². The molecule has 1 aromatic heterocycles. The Balaban J connectivity index is 1.64. The molecule has 0 bridgehead atoms. The van der Waals surface area contributed by atoms with Crippen LogP contribution in [0, 0.1) is 6.92 Å². The summed E-state index contributed by atoms with van der Waals surface area (Å²) in [6.07, 6.45) is -0.407. The Bertz CT molecular complexity index is 1570. The monoisotopic (exact) mass is 532 g/mol. The van der Waals surface area contributed by atoms with Gasteiger partial charge < -0.3 is 10.1 Å². The highest BCUT2D eigenvalue weighted by atomic mass is 19.4. The van der Waals surface area contributed by atoms with Crippen LogP contribution in [0.2, 0.25) is 0 Å². The third-order valence-corrected chi connectivity index (χ3v) is 6.28.